The second-order valence-electron chi connectivity index (χ2n) is 4.57. The molecule has 120 valence electrons. The molecule has 0 saturated carbocycles. The van der Waals surface area contributed by atoms with E-state index in [-0.39, 0.29) is 12.1 Å². The number of rotatable bonds is 5. The Morgan fingerprint density at radius 1 is 1.43 bits per heavy atom. The van der Waals surface area contributed by atoms with Crippen molar-refractivity contribution < 1.29 is 22.7 Å². The maximum atomic E-state index is 13.6. The van der Waals surface area contributed by atoms with Gasteiger partial charge in [-0.25, -0.2) is 9.37 Å². The van der Waals surface area contributed by atoms with Gasteiger partial charge in [0.2, 0.25) is 5.91 Å². The normalized spacial score (nSPS) is 11.1. The highest BCUT2D eigenvalue weighted by molar-refractivity contribution is 7.15. The molecule has 1 aromatic carbocycles. The average Bonchev–Trinajstić information content (AvgIpc) is 3.02. The standard InChI is InChI=1S/C14H10F3N3O2S/c15-10-5-8(1-2-11(10)22-13(16)17)18-12(21)6-9-7-20-3-4-23-14(20)19-9/h1-5,7,13H,6H2,(H,18,21). The van der Waals surface area contributed by atoms with E-state index in [1.807, 2.05) is 11.6 Å². The van der Waals surface area contributed by atoms with Crippen molar-refractivity contribution in [3.63, 3.8) is 0 Å². The number of carbonyl (C=O) groups excluding carboxylic acids is 1. The number of imidazole rings is 1. The summed E-state index contributed by atoms with van der Waals surface area (Å²) in [4.78, 5) is 17.0. The van der Waals surface area contributed by atoms with Crippen LogP contribution in [0.3, 0.4) is 0 Å². The third kappa shape index (κ3) is 3.62. The molecule has 0 aliphatic heterocycles. The van der Waals surface area contributed by atoms with E-state index in [0.29, 0.717) is 5.69 Å². The number of nitrogens with one attached hydrogen (secondary N) is 1. The lowest BCUT2D eigenvalue weighted by Crippen LogP contribution is -2.15. The number of aromatic nitrogens is 2. The summed E-state index contributed by atoms with van der Waals surface area (Å²) in [5.74, 6) is -1.95. The van der Waals surface area contributed by atoms with Crippen LogP contribution < -0.4 is 10.1 Å². The van der Waals surface area contributed by atoms with Crippen LogP contribution in [0.5, 0.6) is 5.75 Å². The topological polar surface area (TPSA) is 55.6 Å². The molecule has 9 heteroatoms. The van der Waals surface area contributed by atoms with Gasteiger partial charge in [-0.2, -0.15) is 8.78 Å². The van der Waals surface area contributed by atoms with Gasteiger partial charge in [0.1, 0.15) is 0 Å². The van der Waals surface area contributed by atoms with Crippen molar-refractivity contribution in [3.05, 3.63) is 47.5 Å². The van der Waals surface area contributed by atoms with E-state index in [0.717, 1.165) is 17.1 Å². The highest BCUT2D eigenvalue weighted by Gasteiger charge is 2.12. The van der Waals surface area contributed by atoms with E-state index in [1.165, 1.54) is 17.4 Å². The Labute approximate surface area is 132 Å². The lowest BCUT2D eigenvalue weighted by molar-refractivity contribution is -0.115. The van der Waals surface area contributed by atoms with E-state index >= 15 is 0 Å². The van der Waals surface area contributed by atoms with Crippen molar-refractivity contribution in [2.24, 2.45) is 0 Å². The first-order valence-electron chi connectivity index (χ1n) is 6.46. The third-order valence-electron chi connectivity index (χ3n) is 2.92. The molecule has 3 rings (SSSR count). The van der Waals surface area contributed by atoms with Gasteiger partial charge in [-0.3, -0.25) is 9.20 Å². The summed E-state index contributed by atoms with van der Waals surface area (Å²) in [5, 5.41) is 4.35. The Bertz CT molecular complexity index is 818. The number of fused-ring (bicyclic) bond motifs is 1. The number of hydrogen-bond donors (Lipinski definition) is 1. The Kier molecular flexibility index (Phi) is 4.20. The van der Waals surface area contributed by atoms with Crippen LogP contribution in [0.2, 0.25) is 0 Å². The fourth-order valence-corrected chi connectivity index (χ4v) is 2.72. The fraction of sp³-hybridized carbons (Fsp3) is 0.143. The molecule has 0 saturated heterocycles. The first kappa shape index (κ1) is 15.3. The number of alkyl halides is 2. The number of ether oxygens (including phenoxy) is 1. The van der Waals surface area contributed by atoms with Crippen LogP contribution in [0.1, 0.15) is 5.69 Å². The van der Waals surface area contributed by atoms with E-state index < -0.39 is 24.1 Å². The molecule has 3 aromatic rings. The maximum absolute atomic E-state index is 13.6. The first-order valence-corrected chi connectivity index (χ1v) is 7.34. The summed E-state index contributed by atoms with van der Waals surface area (Å²) < 4.78 is 43.4. The van der Waals surface area contributed by atoms with Gasteiger partial charge in [-0.1, -0.05) is 0 Å². The predicted octanol–water partition coefficient (Wildman–Crippen LogP) is 3.32. The molecule has 1 amide bonds. The second kappa shape index (κ2) is 6.29. The number of halogens is 3. The van der Waals surface area contributed by atoms with Crippen LogP contribution in [0.15, 0.2) is 36.0 Å². The summed E-state index contributed by atoms with van der Waals surface area (Å²) in [5.41, 5.74) is 0.725. The van der Waals surface area contributed by atoms with Crippen molar-refractivity contribution in [2.75, 3.05) is 5.32 Å². The minimum atomic E-state index is -3.11. The lowest BCUT2D eigenvalue weighted by Gasteiger charge is -2.08. The Hall–Kier alpha value is -2.55. The quantitative estimate of drug-likeness (QED) is 0.775. The Morgan fingerprint density at radius 2 is 2.26 bits per heavy atom. The van der Waals surface area contributed by atoms with E-state index in [9.17, 15) is 18.0 Å². The van der Waals surface area contributed by atoms with Crippen LogP contribution in [0.25, 0.3) is 4.96 Å². The van der Waals surface area contributed by atoms with Gasteiger partial charge in [0, 0.05) is 29.5 Å². The van der Waals surface area contributed by atoms with E-state index in [1.54, 1.807) is 10.6 Å². The van der Waals surface area contributed by atoms with Crippen LogP contribution in [0.4, 0.5) is 18.9 Å². The number of carbonyl (C=O) groups is 1. The molecule has 0 aliphatic rings. The van der Waals surface area contributed by atoms with Crippen LogP contribution in [-0.2, 0) is 11.2 Å². The molecule has 2 heterocycles. The zero-order chi connectivity index (χ0) is 16.4. The molecule has 0 unspecified atom stereocenters. The first-order chi connectivity index (χ1) is 11.0. The summed E-state index contributed by atoms with van der Waals surface area (Å²) in [7, 11) is 0. The van der Waals surface area contributed by atoms with Gasteiger partial charge in [0.25, 0.3) is 0 Å². The molecule has 23 heavy (non-hydrogen) atoms. The average molecular weight is 341 g/mol. The third-order valence-corrected chi connectivity index (χ3v) is 3.69. The van der Waals surface area contributed by atoms with Crippen molar-refractivity contribution in [1.29, 1.82) is 0 Å². The van der Waals surface area contributed by atoms with Crippen molar-refractivity contribution in [1.82, 2.24) is 9.38 Å². The zero-order valence-electron chi connectivity index (χ0n) is 11.5. The SMILES string of the molecule is O=C(Cc1cn2ccsc2n1)Nc1ccc(OC(F)F)c(F)c1. The van der Waals surface area contributed by atoms with E-state index in [4.69, 9.17) is 0 Å². The van der Waals surface area contributed by atoms with Crippen LogP contribution >= 0.6 is 11.3 Å². The Morgan fingerprint density at radius 3 is 2.96 bits per heavy atom. The monoisotopic (exact) mass is 341 g/mol. The molecule has 0 radical (unpaired) electrons. The molecular weight excluding hydrogens is 331 g/mol. The predicted molar refractivity (Wildman–Crippen MR) is 78.4 cm³/mol. The summed E-state index contributed by atoms with van der Waals surface area (Å²) in [6.07, 6.45) is 3.57. The number of thiazole rings is 1. The van der Waals surface area contributed by atoms with Crippen LogP contribution in [-0.4, -0.2) is 21.9 Å². The highest BCUT2D eigenvalue weighted by atomic mass is 32.1. The van der Waals surface area contributed by atoms with Gasteiger partial charge in [-0.05, 0) is 12.1 Å². The number of anilines is 1. The van der Waals surface area contributed by atoms with Gasteiger partial charge >= 0.3 is 6.61 Å². The zero-order valence-corrected chi connectivity index (χ0v) is 12.3. The van der Waals surface area contributed by atoms with Crippen molar-refractivity contribution >= 4 is 27.9 Å². The lowest BCUT2D eigenvalue weighted by atomic mass is 10.2. The highest BCUT2D eigenvalue weighted by Crippen LogP contribution is 2.23. The van der Waals surface area contributed by atoms with Gasteiger partial charge < -0.3 is 10.1 Å². The second-order valence-corrected chi connectivity index (χ2v) is 5.45. The number of nitrogens with zero attached hydrogens (tertiary/aromatic N) is 2. The minimum Gasteiger partial charge on any atom is -0.432 e. The number of amides is 1. The van der Waals surface area contributed by atoms with Gasteiger partial charge in [0.05, 0.1) is 12.1 Å². The van der Waals surface area contributed by atoms with Crippen molar-refractivity contribution in [3.8, 4) is 5.75 Å². The maximum Gasteiger partial charge on any atom is 0.387 e. The molecule has 0 atom stereocenters. The molecule has 0 bridgehead atoms. The smallest absolute Gasteiger partial charge is 0.387 e. The molecule has 0 spiro atoms. The number of benzene rings is 1. The molecule has 5 nitrogen and oxygen atoms in total. The van der Waals surface area contributed by atoms with E-state index in [2.05, 4.69) is 15.0 Å². The molecule has 1 N–H and O–H groups in total. The molecule has 0 aliphatic carbocycles. The minimum absolute atomic E-state index is 0.0192. The fourth-order valence-electron chi connectivity index (χ4n) is 2.00. The van der Waals surface area contributed by atoms with Crippen LogP contribution in [0, 0.1) is 5.82 Å². The Balaban J connectivity index is 1.65. The summed E-state index contributed by atoms with van der Waals surface area (Å²) >= 11 is 1.44. The van der Waals surface area contributed by atoms with Gasteiger partial charge in [-0.15, -0.1) is 11.3 Å². The number of hydrogen-bond acceptors (Lipinski definition) is 4. The largest absolute Gasteiger partial charge is 0.432 e. The van der Waals surface area contributed by atoms with Gasteiger partial charge in [0.15, 0.2) is 16.5 Å². The summed E-state index contributed by atoms with van der Waals surface area (Å²) in [6, 6.07) is 3.23. The molecular formula is C14H10F3N3O2S. The summed E-state index contributed by atoms with van der Waals surface area (Å²) in [6.45, 7) is -3.11. The molecule has 2 aromatic heterocycles. The molecule has 0 fully saturated rings. The van der Waals surface area contributed by atoms with Crippen molar-refractivity contribution in [2.45, 2.75) is 13.0 Å².